The van der Waals surface area contributed by atoms with E-state index in [2.05, 4.69) is 5.32 Å². The van der Waals surface area contributed by atoms with Gasteiger partial charge in [0.25, 0.3) is 5.91 Å². The molecule has 0 unspecified atom stereocenters. The lowest BCUT2D eigenvalue weighted by molar-refractivity contribution is -0.140. The van der Waals surface area contributed by atoms with Crippen molar-refractivity contribution in [1.29, 1.82) is 0 Å². The normalized spacial score (nSPS) is 12.6. The minimum Gasteiger partial charge on any atom is -0.480 e. The Hall–Kier alpha value is -1.95. The number of halogens is 1. The Balaban J connectivity index is 2.35. The fourth-order valence-corrected chi connectivity index (χ4v) is 3.27. The first kappa shape index (κ1) is 15.4. The first-order valence-corrected chi connectivity index (χ1v) is 7.35. The van der Waals surface area contributed by atoms with E-state index < -0.39 is 17.9 Å². The number of aliphatic carboxylic acids is 1. The molecule has 112 valence electrons. The number of carboxylic acids is 1. The van der Waals surface area contributed by atoms with E-state index in [0.29, 0.717) is 9.58 Å². The number of thiophene rings is 1. The molecule has 4 nitrogen and oxygen atoms in total. The van der Waals surface area contributed by atoms with Crippen LogP contribution in [0.4, 0.5) is 4.39 Å². The van der Waals surface area contributed by atoms with Gasteiger partial charge in [-0.15, -0.1) is 11.3 Å². The summed E-state index contributed by atoms with van der Waals surface area (Å²) >= 11 is 1.17. The third-order valence-corrected chi connectivity index (χ3v) is 4.58. The van der Waals surface area contributed by atoms with Crippen LogP contribution in [0, 0.1) is 18.7 Å². The van der Waals surface area contributed by atoms with Crippen molar-refractivity contribution in [1.82, 2.24) is 5.32 Å². The number of benzene rings is 1. The van der Waals surface area contributed by atoms with Gasteiger partial charge < -0.3 is 10.4 Å². The molecule has 0 saturated heterocycles. The molecule has 0 saturated carbocycles. The number of aryl methyl sites for hydroxylation is 1. The van der Waals surface area contributed by atoms with Gasteiger partial charge in [0.15, 0.2) is 0 Å². The molecule has 0 aliphatic carbocycles. The number of rotatable bonds is 4. The van der Waals surface area contributed by atoms with Gasteiger partial charge >= 0.3 is 5.97 Å². The van der Waals surface area contributed by atoms with E-state index in [-0.39, 0.29) is 11.7 Å². The fourth-order valence-electron chi connectivity index (χ4n) is 2.14. The predicted octanol–water partition coefficient (Wildman–Crippen LogP) is 3.19. The highest BCUT2D eigenvalue weighted by molar-refractivity contribution is 7.21. The predicted molar refractivity (Wildman–Crippen MR) is 80.2 cm³/mol. The largest absolute Gasteiger partial charge is 0.480 e. The number of nitrogens with one attached hydrogen (secondary N) is 1. The van der Waals surface area contributed by atoms with Crippen LogP contribution >= 0.6 is 11.3 Å². The lowest BCUT2D eigenvalue weighted by atomic mass is 10.0. The van der Waals surface area contributed by atoms with E-state index in [0.717, 1.165) is 10.9 Å². The minimum absolute atomic E-state index is 0.224. The van der Waals surface area contributed by atoms with Crippen LogP contribution in [-0.2, 0) is 4.79 Å². The highest BCUT2D eigenvalue weighted by atomic mass is 32.1. The molecule has 6 heteroatoms. The summed E-state index contributed by atoms with van der Waals surface area (Å²) in [5, 5.41) is 12.5. The monoisotopic (exact) mass is 309 g/mol. The van der Waals surface area contributed by atoms with E-state index in [4.69, 9.17) is 5.11 Å². The molecule has 0 fully saturated rings. The van der Waals surface area contributed by atoms with E-state index in [9.17, 15) is 14.0 Å². The van der Waals surface area contributed by atoms with Crippen molar-refractivity contribution >= 4 is 33.3 Å². The molecular formula is C15H16FNO3S. The van der Waals surface area contributed by atoms with Crippen LogP contribution in [0.1, 0.15) is 29.1 Å². The van der Waals surface area contributed by atoms with Crippen molar-refractivity contribution in [2.24, 2.45) is 5.92 Å². The van der Waals surface area contributed by atoms with Crippen molar-refractivity contribution in [3.8, 4) is 0 Å². The molecule has 0 spiro atoms. The lowest BCUT2D eigenvalue weighted by Crippen LogP contribution is -2.44. The Morgan fingerprint density at radius 3 is 2.57 bits per heavy atom. The van der Waals surface area contributed by atoms with Crippen LogP contribution in [0.3, 0.4) is 0 Å². The van der Waals surface area contributed by atoms with E-state index in [1.165, 1.54) is 23.5 Å². The summed E-state index contributed by atoms with van der Waals surface area (Å²) in [6, 6.07) is 3.40. The number of hydrogen-bond acceptors (Lipinski definition) is 3. The number of carboxylic acid groups (broad SMARTS) is 1. The third-order valence-electron chi connectivity index (χ3n) is 3.33. The summed E-state index contributed by atoms with van der Waals surface area (Å²) in [6.45, 7) is 5.23. The quantitative estimate of drug-likeness (QED) is 0.911. The number of amides is 1. The van der Waals surface area contributed by atoms with Crippen LogP contribution in [0.2, 0.25) is 0 Å². The number of fused-ring (bicyclic) bond motifs is 1. The van der Waals surface area contributed by atoms with Crippen LogP contribution < -0.4 is 5.32 Å². The Morgan fingerprint density at radius 1 is 1.33 bits per heavy atom. The zero-order valence-electron chi connectivity index (χ0n) is 11.9. The van der Waals surface area contributed by atoms with Crippen molar-refractivity contribution < 1.29 is 19.1 Å². The molecule has 1 aromatic heterocycles. The van der Waals surface area contributed by atoms with Gasteiger partial charge in [-0.1, -0.05) is 19.9 Å². The molecule has 1 atom stereocenters. The van der Waals surface area contributed by atoms with Gasteiger partial charge in [-0.2, -0.15) is 0 Å². The molecule has 0 radical (unpaired) electrons. The maximum Gasteiger partial charge on any atom is 0.326 e. The van der Waals surface area contributed by atoms with Crippen LogP contribution in [0.5, 0.6) is 0 Å². The zero-order chi connectivity index (χ0) is 15.7. The van der Waals surface area contributed by atoms with E-state index in [1.807, 2.05) is 0 Å². The second-order valence-corrected chi connectivity index (χ2v) is 6.28. The van der Waals surface area contributed by atoms with Crippen LogP contribution in [0.15, 0.2) is 18.2 Å². The fraction of sp³-hybridized carbons (Fsp3) is 0.333. The van der Waals surface area contributed by atoms with Gasteiger partial charge in [0, 0.05) is 4.70 Å². The maximum absolute atomic E-state index is 13.2. The highest BCUT2D eigenvalue weighted by Gasteiger charge is 2.25. The number of carbonyl (C=O) groups excluding carboxylic acids is 1. The average molecular weight is 309 g/mol. The topological polar surface area (TPSA) is 66.4 Å². The number of hydrogen-bond donors (Lipinski definition) is 2. The van der Waals surface area contributed by atoms with E-state index in [1.54, 1.807) is 26.8 Å². The maximum atomic E-state index is 13.2. The van der Waals surface area contributed by atoms with Gasteiger partial charge in [0.1, 0.15) is 11.9 Å². The van der Waals surface area contributed by atoms with Gasteiger partial charge in [-0.3, -0.25) is 4.79 Å². The average Bonchev–Trinajstić information content (AvgIpc) is 2.71. The summed E-state index contributed by atoms with van der Waals surface area (Å²) in [4.78, 5) is 23.8. The summed E-state index contributed by atoms with van der Waals surface area (Å²) in [6.07, 6.45) is 0. The summed E-state index contributed by atoms with van der Waals surface area (Å²) in [7, 11) is 0. The molecule has 21 heavy (non-hydrogen) atoms. The van der Waals surface area contributed by atoms with Crippen LogP contribution in [0.25, 0.3) is 10.1 Å². The van der Waals surface area contributed by atoms with Crippen molar-refractivity contribution in [3.05, 3.63) is 34.5 Å². The third kappa shape index (κ3) is 3.05. The molecular weight excluding hydrogens is 293 g/mol. The van der Waals surface area contributed by atoms with Crippen molar-refractivity contribution in [2.45, 2.75) is 26.8 Å². The van der Waals surface area contributed by atoms with Gasteiger partial charge in [-0.05, 0) is 35.9 Å². The summed E-state index contributed by atoms with van der Waals surface area (Å²) < 4.78 is 13.9. The molecule has 1 aromatic carbocycles. The molecule has 0 aliphatic rings. The van der Waals surface area contributed by atoms with Gasteiger partial charge in [-0.25, -0.2) is 9.18 Å². The molecule has 1 heterocycles. The Labute approximate surface area is 125 Å². The highest BCUT2D eigenvalue weighted by Crippen LogP contribution is 2.31. The minimum atomic E-state index is -1.07. The smallest absolute Gasteiger partial charge is 0.326 e. The van der Waals surface area contributed by atoms with Gasteiger partial charge in [0.05, 0.1) is 4.88 Å². The molecule has 2 N–H and O–H groups in total. The van der Waals surface area contributed by atoms with Gasteiger partial charge in [0.2, 0.25) is 0 Å². The second-order valence-electron chi connectivity index (χ2n) is 5.23. The molecule has 1 amide bonds. The first-order chi connectivity index (χ1) is 9.81. The Bertz CT molecular complexity index is 708. The molecule has 0 aliphatic heterocycles. The standard InChI is InChI=1S/C15H16FNO3S/c1-7(2)12(15(19)20)17-14(18)13-8(3)10-5-4-9(16)6-11(10)21-13/h4-7,12H,1-3H3,(H,17,18)(H,19,20)/t12-/m0/s1. The SMILES string of the molecule is Cc1c(C(=O)N[C@H](C(=O)O)C(C)C)sc2cc(F)ccc12. The molecule has 2 rings (SSSR count). The Morgan fingerprint density at radius 2 is 2.00 bits per heavy atom. The molecule has 0 bridgehead atoms. The van der Waals surface area contributed by atoms with E-state index >= 15 is 0 Å². The zero-order valence-corrected chi connectivity index (χ0v) is 12.8. The van der Waals surface area contributed by atoms with Crippen LogP contribution in [-0.4, -0.2) is 23.0 Å². The summed E-state index contributed by atoms with van der Waals surface area (Å²) in [5.74, 6) is -2.08. The lowest BCUT2D eigenvalue weighted by Gasteiger charge is -2.17. The first-order valence-electron chi connectivity index (χ1n) is 6.53. The number of carbonyl (C=O) groups is 2. The Kier molecular flexibility index (Phi) is 4.27. The molecule has 2 aromatic rings. The van der Waals surface area contributed by atoms with Crippen molar-refractivity contribution in [2.75, 3.05) is 0 Å². The van der Waals surface area contributed by atoms with Crippen molar-refractivity contribution in [3.63, 3.8) is 0 Å². The summed E-state index contributed by atoms with van der Waals surface area (Å²) in [5.41, 5.74) is 0.736. The second kappa shape index (κ2) is 5.81.